The number of hydrogen-bond acceptors (Lipinski definition) is 7. The second-order valence-electron chi connectivity index (χ2n) is 8.47. The largest absolute Gasteiger partial charge is 0.480 e. The zero-order valence-corrected chi connectivity index (χ0v) is 21.2. The fraction of sp³-hybridized carbons (Fsp3) is 0.500. The summed E-state index contributed by atoms with van der Waals surface area (Å²) in [5.41, 5.74) is 13.1. The van der Waals surface area contributed by atoms with E-state index in [1.54, 1.807) is 6.20 Å². The van der Waals surface area contributed by atoms with Gasteiger partial charge in [0.05, 0.1) is 6.04 Å². The maximum absolute atomic E-state index is 13.2. The first-order valence-corrected chi connectivity index (χ1v) is 13.3. The van der Waals surface area contributed by atoms with Crippen LogP contribution in [0.2, 0.25) is 0 Å². The van der Waals surface area contributed by atoms with Gasteiger partial charge in [-0.05, 0) is 49.4 Å². The van der Waals surface area contributed by atoms with Gasteiger partial charge in [-0.1, -0.05) is 24.6 Å². The normalized spacial score (nSPS) is 13.5. The zero-order valence-electron chi connectivity index (χ0n) is 20.4. The van der Waals surface area contributed by atoms with Gasteiger partial charge in [0.15, 0.2) is 0 Å². The van der Waals surface area contributed by atoms with Crippen LogP contribution in [0.15, 0.2) is 30.5 Å². The number of carboxylic acids is 1. The van der Waals surface area contributed by atoms with Crippen LogP contribution >= 0.6 is 11.8 Å². The van der Waals surface area contributed by atoms with Crippen molar-refractivity contribution in [3.8, 4) is 0 Å². The first-order chi connectivity index (χ1) is 17.3. The minimum absolute atomic E-state index is 0.128. The lowest BCUT2D eigenvalue weighted by Gasteiger charge is -2.24. The fourth-order valence-corrected chi connectivity index (χ4v) is 4.18. The van der Waals surface area contributed by atoms with Crippen LogP contribution in [0.25, 0.3) is 10.9 Å². The minimum atomic E-state index is -1.20. The number of carbonyl (C=O) groups is 4. The van der Waals surface area contributed by atoms with E-state index in [1.165, 1.54) is 11.8 Å². The number of thioether (sulfide) groups is 1. The highest BCUT2D eigenvalue weighted by molar-refractivity contribution is 7.98. The molecule has 3 atom stereocenters. The zero-order chi connectivity index (χ0) is 26.5. The van der Waals surface area contributed by atoms with Crippen LogP contribution < -0.4 is 27.4 Å². The molecule has 11 nitrogen and oxygen atoms in total. The summed E-state index contributed by atoms with van der Waals surface area (Å²) in [6, 6.07) is 4.79. The van der Waals surface area contributed by atoms with Crippen molar-refractivity contribution < 1.29 is 24.3 Å². The van der Waals surface area contributed by atoms with Crippen molar-refractivity contribution >= 4 is 46.4 Å². The number of para-hydroxylation sites is 1. The third-order valence-corrected chi connectivity index (χ3v) is 6.34. The van der Waals surface area contributed by atoms with Crippen molar-refractivity contribution in [2.45, 2.75) is 50.2 Å². The van der Waals surface area contributed by atoms with E-state index in [2.05, 4.69) is 20.9 Å². The number of amides is 3. The molecule has 0 spiro atoms. The standard InChI is InChI=1S/C24H36N6O5S/c1-36-11-9-19(29-22(33)17(26)7-4-5-10-25)24(35)30-20(23(34)28-14-21(31)32)12-15-13-27-18-8-3-2-6-16(15)18/h2-3,6,8,13,17,19-20,27H,4-5,7,9-12,14,25-26H2,1H3,(H,28,34)(H,29,33)(H,30,35)(H,31,32). The molecule has 0 fully saturated rings. The maximum Gasteiger partial charge on any atom is 0.322 e. The number of hydrogen-bond donors (Lipinski definition) is 7. The molecule has 1 aromatic heterocycles. The summed E-state index contributed by atoms with van der Waals surface area (Å²) in [6.45, 7) is -0.0712. The van der Waals surface area contributed by atoms with Gasteiger partial charge in [0, 0.05) is 23.5 Å². The molecule has 0 saturated carbocycles. The fourth-order valence-electron chi connectivity index (χ4n) is 3.71. The van der Waals surface area contributed by atoms with Crippen LogP contribution in [0.1, 0.15) is 31.2 Å². The maximum atomic E-state index is 13.2. The Hall–Kier alpha value is -3.09. The monoisotopic (exact) mass is 520 g/mol. The Morgan fingerprint density at radius 3 is 2.44 bits per heavy atom. The summed E-state index contributed by atoms with van der Waals surface area (Å²) < 4.78 is 0. The lowest BCUT2D eigenvalue weighted by Crippen LogP contribution is -2.56. The molecule has 2 aromatic rings. The van der Waals surface area contributed by atoms with Gasteiger partial charge in [0.1, 0.15) is 18.6 Å². The highest BCUT2D eigenvalue weighted by Gasteiger charge is 2.28. The van der Waals surface area contributed by atoms with Crippen molar-refractivity contribution in [3.63, 3.8) is 0 Å². The number of aromatic amines is 1. The molecule has 0 saturated heterocycles. The molecule has 0 radical (unpaired) electrons. The number of aromatic nitrogens is 1. The molecule has 12 heteroatoms. The number of aliphatic carboxylic acids is 1. The van der Waals surface area contributed by atoms with E-state index in [4.69, 9.17) is 16.6 Å². The van der Waals surface area contributed by atoms with Gasteiger partial charge in [-0.25, -0.2) is 0 Å². The molecule has 0 aliphatic heterocycles. The molecular weight excluding hydrogens is 484 g/mol. The van der Waals surface area contributed by atoms with E-state index >= 15 is 0 Å². The van der Waals surface area contributed by atoms with Crippen molar-refractivity contribution in [2.24, 2.45) is 11.5 Å². The average Bonchev–Trinajstić information content (AvgIpc) is 3.27. The number of unbranched alkanes of at least 4 members (excludes halogenated alkanes) is 1. The Labute approximate surface area is 214 Å². The molecule has 0 bridgehead atoms. The Balaban J connectivity index is 2.17. The smallest absolute Gasteiger partial charge is 0.322 e. The summed E-state index contributed by atoms with van der Waals surface area (Å²) >= 11 is 1.52. The van der Waals surface area contributed by atoms with Crippen LogP contribution in [0.3, 0.4) is 0 Å². The molecule has 9 N–H and O–H groups in total. The molecule has 1 heterocycles. The number of benzene rings is 1. The summed E-state index contributed by atoms with van der Waals surface area (Å²) in [6.07, 6.45) is 5.99. The van der Waals surface area contributed by atoms with E-state index in [9.17, 15) is 19.2 Å². The first kappa shape index (κ1) is 29.1. The number of carbonyl (C=O) groups excluding carboxylic acids is 3. The molecule has 3 unspecified atom stereocenters. The Kier molecular flexibility index (Phi) is 12.2. The van der Waals surface area contributed by atoms with Crippen molar-refractivity contribution in [1.82, 2.24) is 20.9 Å². The lowest BCUT2D eigenvalue weighted by molar-refractivity contribution is -0.138. The van der Waals surface area contributed by atoms with E-state index < -0.39 is 48.4 Å². The summed E-state index contributed by atoms with van der Waals surface area (Å²) in [4.78, 5) is 52.8. The van der Waals surface area contributed by atoms with E-state index in [0.29, 0.717) is 31.6 Å². The number of H-pyrrole nitrogens is 1. The van der Waals surface area contributed by atoms with Gasteiger partial charge in [0.2, 0.25) is 17.7 Å². The van der Waals surface area contributed by atoms with E-state index in [-0.39, 0.29) is 6.42 Å². The summed E-state index contributed by atoms with van der Waals surface area (Å²) in [5.74, 6) is -2.23. The topological polar surface area (TPSA) is 192 Å². The highest BCUT2D eigenvalue weighted by Crippen LogP contribution is 2.19. The SMILES string of the molecule is CSCCC(NC(=O)C(N)CCCCN)C(=O)NC(Cc1c[nH]c2ccccc12)C(=O)NCC(=O)O. The first-order valence-electron chi connectivity index (χ1n) is 11.9. The number of nitrogens with one attached hydrogen (secondary N) is 4. The second-order valence-corrected chi connectivity index (χ2v) is 9.46. The Bertz CT molecular complexity index is 1030. The molecule has 1 aromatic carbocycles. The third kappa shape index (κ3) is 9.17. The van der Waals surface area contributed by atoms with E-state index in [1.807, 2.05) is 30.5 Å². The Morgan fingerprint density at radius 1 is 1.03 bits per heavy atom. The second kappa shape index (κ2) is 15.1. The Morgan fingerprint density at radius 2 is 1.75 bits per heavy atom. The minimum Gasteiger partial charge on any atom is -0.480 e. The highest BCUT2D eigenvalue weighted by atomic mass is 32.2. The van der Waals surface area contributed by atoms with E-state index in [0.717, 1.165) is 22.9 Å². The van der Waals surface area contributed by atoms with Crippen LogP contribution in [-0.4, -0.2) is 77.0 Å². The average molecular weight is 521 g/mol. The molecule has 36 heavy (non-hydrogen) atoms. The quantitative estimate of drug-likeness (QED) is 0.151. The number of fused-ring (bicyclic) bond motifs is 1. The van der Waals surface area contributed by atoms with Crippen LogP contribution in [0.5, 0.6) is 0 Å². The summed E-state index contributed by atoms with van der Waals surface area (Å²) in [7, 11) is 0. The number of carboxylic acid groups (broad SMARTS) is 1. The van der Waals surface area contributed by atoms with Gasteiger partial charge in [-0.15, -0.1) is 0 Å². The number of nitrogens with two attached hydrogens (primary N) is 2. The predicted octanol–water partition coefficient (Wildman–Crippen LogP) is 0.0902. The van der Waals surface area contributed by atoms with Crippen LogP contribution in [0.4, 0.5) is 0 Å². The van der Waals surface area contributed by atoms with Crippen LogP contribution in [-0.2, 0) is 25.6 Å². The van der Waals surface area contributed by atoms with Gasteiger partial charge < -0.3 is 37.5 Å². The molecule has 198 valence electrons. The van der Waals surface area contributed by atoms with Gasteiger partial charge in [-0.3, -0.25) is 19.2 Å². The summed E-state index contributed by atoms with van der Waals surface area (Å²) in [5, 5.41) is 17.6. The number of rotatable bonds is 16. The van der Waals surface area contributed by atoms with Gasteiger partial charge in [0.25, 0.3) is 0 Å². The van der Waals surface area contributed by atoms with Crippen molar-refractivity contribution in [3.05, 3.63) is 36.0 Å². The molecule has 3 amide bonds. The molecule has 0 aliphatic rings. The predicted molar refractivity (Wildman–Crippen MR) is 140 cm³/mol. The van der Waals surface area contributed by atoms with Crippen LogP contribution in [0, 0.1) is 0 Å². The van der Waals surface area contributed by atoms with Crippen molar-refractivity contribution in [2.75, 3.05) is 25.1 Å². The molecular formula is C24H36N6O5S. The molecule has 2 rings (SSSR count). The lowest BCUT2D eigenvalue weighted by atomic mass is 10.0. The third-order valence-electron chi connectivity index (χ3n) is 5.70. The van der Waals surface area contributed by atoms with Gasteiger partial charge in [-0.2, -0.15) is 11.8 Å². The molecule has 0 aliphatic carbocycles. The van der Waals surface area contributed by atoms with Gasteiger partial charge >= 0.3 is 5.97 Å². The van der Waals surface area contributed by atoms with Crippen molar-refractivity contribution in [1.29, 1.82) is 0 Å².